The average Bonchev–Trinajstić information content (AvgIpc) is 2.84. The monoisotopic (exact) mass is 488 g/mol. The SMILES string of the molecule is Cc1ccc(-c2cc(-c3ccccc3)c(C#N)c(SCS(=O)Cc3ccc(Cl)cc3)n2)cc1. The molecule has 0 aliphatic rings. The fraction of sp³-hybridized carbons (Fsp3) is 0.111. The summed E-state index contributed by atoms with van der Waals surface area (Å²) in [5.74, 6) is 0.426. The van der Waals surface area contributed by atoms with E-state index in [1.54, 1.807) is 12.1 Å². The van der Waals surface area contributed by atoms with E-state index < -0.39 is 10.8 Å². The van der Waals surface area contributed by atoms with Gasteiger partial charge in [0.05, 0.1) is 16.3 Å². The number of nitrogens with zero attached hydrogens (tertiary/aromatic N) is 2. The first-order chi connectivity index (χ1) is 16.0. The molecule has 0 aliphatic carbocycles. The smallest absolute Gasteiger partial charge is 0.116 e. The Kier molecular flexibility index (Phi) is 7.61. The van der Waals surface area contributed by atoms with Crippen LogP contribution < -0.4 is 0 Å². The van der Waals surface area contributed by atoms with Crippen molar-refractivity contribution < 1.29 is 4.21 Å². The number of nitriles is 1. The minimum atomic E-state index is -1.12. The van der Waals surface area contributed by atoms with E-state index in [0.29, 0.717) is 26.4 Å². The fourth-order valence-corrected chi connectivity index (χ4v) is 5.84. The van der Waals surface area contributed by atoms with E-state index in [4.69, 9.17) is 16.6 Å². The molecule has 0 saturated carbocycles. The van der Waals surface area contributed by atoms with Gasteiger partial charge in [0.25, 0.3) is 0 Å². The van der Waals surface area contributed by atoms with Crippen LogP contribution in [0.3, 0.4) is 0 Å². The molecule has 1 heterocycles. The second kappa shape index (κ2) is 10.8. The van der Waals surface area contributed by atoms with Crippen LogP contribution >= 0.6 is 23.4 Å². The predicted molar refractivity (Wildman–Crippen MR) is 139 cm³/mol. The molecule has 0 aliphatic heterocycles. The quantitative estimate of drug-likeness (QED) is 0.257. The number of rotatable bonds is 7. The molecule has 33 heavy (non-hydrogen) atoms. The number of benzene rings is 3. The molecule has 1 atom stereocenters. The Morgan fingerprint density at radius 3 is 2.33 bits per heavy atom. The van der Waals surface area contributed by atoms with Crippen LogP contribution in [0.15, 0.2) is 90.0 Å². The van der Waals surface area contributed by atoms with Crippen molar-refractivity contribution in [2.75, 3.05) is 5.08 Å². The summed E-state index contributed by atoms with van der Waals surface area (Å²) in [7, 11) is -1.12. The molecular formula is C27H21ClN2OS2. The van der Waals surface area contributed by atoms with Crippen molar-refractivity contribution in [1.82, 2.24) is 4.98 Å². The lowest BCUT2D eigenvalue weighted by molar-refractivity contribution is 0.685. The second-order valence-electron chi connectivity index (χ2n) is 7.55. The summed E-state index contributed by atoms with van der Waals surface area (Å²) in [6.07, 6.45) is 0. The summed E-state index contributed by atoms with van der Waals surface area (Å²) in [5, 5.41) is 11.6. The average molecular weight is 489 g/mol. The first-order valence-corrected chi connectivity index (χ1v) is 13.2. The molecular weight excluding hydrogens is 468 g/mol. The first-order valence-electron chi connectivity index (χ1n) is 10.3. The number of thioether (sulfide) groups is 1. The zero-order valence-corrected chi connectivity index (χ0v) is 20.4. The molecule has 1 unspecified atom stereocenters. The summed E-state index contributed by atoms with van der Waals surface area (Å²) >= 11 is 7.31. The van der Waals surface area contributed by atoms with Gasteiger partial charge in [-0.15, -0.1) is 0 Å². The standard InChI is InChI=1S/C27H21ClN2OS2/c1-19-7-11-22(12-8-19)26-15-24(21-5-3-2-4-6-21)25(16-29)27(30-26)32-18-33(31)17-20-9-13-23(28)14-10-20/h2-15H,17-18H2,1H3. The number of aromatic nitrogens is 1. The highest BCUT2D eigenvalue weighted by atomic mass is 35.5. The van der Waals surface area contributed by atoms with Gasteiger partial charge in [0.2, 0.25) is 0 Å². The van der Waals surface area contributed by atoms with E-state index in [1.807, 2.05) is 79.7 Å². The van der Waals surface area contributed by atoms with Crippen LogP contribution in [-0.2, 0) is 16.6 Å². The van der Waals surface area contributed by atoms with Gasteiger partial charge in [0.1, 0.15) is 11.1 Å². The van der Waals surface area contributed by atoms with E-state index in [2.05, 4.69) is 6.07 Å². The number of halogens is 1. The van der Waals surface area contributed by atoms with Gasteiger partial charge in [-0.3, -0.25) is 4.21 Å². The van der Waals surface area contributed by atoms with Crippen molar-refractivity contribution in [3.05, 3.63) is 107 Å². The highest BCUT2D eigenvalue weighted by Gasteiger charge is 2.17. The van der Waals surface area contributed by atoms with E-state index in [0.717, 1.165) is 27.9 Å². The normalized spacial score (nSPS) is 11.7. The van der Waals surface area contributed by atoms with Gasteiger partial charge in [0.15, 0.2) is 0 Å². The van der Waals surface area contributed by atoms with Crippen molar-refractivity contribution >= 4 is 34.2 Å². The van der Waals surface area contributed by atoms with Crippen molar-refractivity contribution in [2.24, 2.45) is 0 Å². The largest absolute Gasteiger partial charge is 0.258 e. The van der Waals surface area contributed by atoms with Gasteiger partial charge in [-0.1, -0.05) is 95.7 Å². The molecule has 0 amide bonds. The summed E-state index contributed by atoms with van der Waals surface area (Å²) in [6, 6.07) is 29.7. The summed E-state index contributed by atoms with van der Waals surface area (Å²) in [6.45, 7) is 2.04. The second-order valence-corrected chi connectivity index (χ2v) is 10.8. The lowest BCUT2D eigenvalue weighted by Gasteiger charge is -2.13. The third-order valence-electron chi connectivity index (χ3n) is 5.10. The predicted octanol–water partition coefficient (Wildman–Crippen LogP) is 7.25. The summed E-state index contributed by atoms with van der Waals surface area (Å²) in [4.78, 5) is 4.81. The van der Waals surface area contributed by atoms with Crippen molar-refractivity contribution in [2.45, 2.75) is 17.7 Å². The Hall–Kier alpha value is -2.91. The van der Waals surface area contributed by atoms with E-state index in [1.165, 1.54) is 17.3 Å². The Morgan fingerprint density at radius 1 is 0.970 bits per heavy atom. The molecule has 0 spiro atoms. The van der Waals surface area contributed by atoms with E-state index >= 15 is 0 Å². The molecule has 0 radical (unpaired) electrons. The van der Waals surface area contributed by atoms with Crippen LogP contribution in [0.5, 0.6) is 0 Å². The molecule has 4 rings (SSSR count). The minimum absolute atomic E-state index is 0.343. The molecule has 4 aromatic rings. The maximum absolute atomic E-state index is 12.8. The Labute approximate surface area is 205 Å². The summed E-state index contributed by atoms with van der Waals surface area (Å²) < 4.78 is 12.8. The highest BCUT2D eigenvalue weighted by Crippen LogP contribution is 2.34. The zero-order valence-electron chi connectivity index (χ0n) is 18.0. The van der Waals surface area contributed by atoms with Crippen LogP contribution in [0.4, 0.5) is 0 Å². The van der Waals surface area contributed by atoms with Crippen LogP contribution in [0.25, 0.3) is 22.4 Å². The van der Waals surface area contributed by atoms with Crippen molar-refractivity contribution in [3.63, 3.8) is 0 Å². The number of pyridine rings is 1. The maximum Gasteiger partial charge on any atom is 0.116 e. The van der Waals surface area contributed by atoms with Gasteiger partial charge in [-0.05, 0) is 36.2 Å². The topological polar surface area (TPSA) is 53.8 Å². The number of aryl methyl sites for hydroxylation is 1. The van der Waals surface area contributed by atoms with Gasteiger partial charge in [-0.25, -0.2) is 4.98 Å². The molecule has 3 nitrogen and oxygen atoms in total. The molecule has 6 heteroatoms. The van der Waals surface area contributed by atoms with Crippen molar-refractivity contribution in [1.29, 1.82) is 5.26 Å². The molecule has 0 bridgehead atoms. The van der Waals surface area contributed by atoms with Crippen LogP contribution in [0, 0.1) is 18.3 Å². The highest BCUT2D eigenvalue weighted by molar-refractivity contribution is 8.10. The third kappa shape index (κ3) is 5.91. The first kappa shape index (κ1) is 23.3. The maximum atomic E-state index is 12.8. The summed E-state index contributed by atoms with van der Waals surface area (Å²) in [5.41, 5.74) is 6.19. The van der Waals surface area contributed by atoms with Crippen molar-refractivity contribution in [3.8, 4) is 28.5 Å². The van der Waals surface area contributed by atoms with Crippen LogP contribution in [0.1, 0.15) is 16.7 Å². The van der Waals surface area contributed by atoms with E-state index in [9.17, 15) is 9.47 Å². The van der Waals surface area contributed by atoms with Gasteiger partial charge in [0, 0.05) is 32.7 Å². The zero-order chi connectivity index (χ0) is 23.2. The Morgan fingerprint density at radius 2 is 1.67 bits per heavy atom. The lowest BCUT2D eigenvalue weighted by Crippen LogP contribution is -2.01. The molecule has 0 N–H and O–H groups in total. The minimum Gasteiger partial charge on any atom is -0.258 e. The fourth-order valence-electron chi connectivity index (χ4n) is 3.38. The van der Waals surface area contributed by atoms with Gasteiger partial charge < -0.3 is 0 Å². The van der Waals surface area contributed by atoms with Crippen LogP contribution in [-0.4, -0.2) is 14.3 Å². The lowest BCUT2D eigenvalue weighted by atomic mass is 9.99. The van der Waals surface area contributed by atoms with E-state index in [-0.39, 0.29) is 0 Å². The molecule has 0 fully saturated rings. The molecule has 1 aromatic heterocycles. The molecule has 0 saturated heterocycles. The molecule has 164 valence electrons. The number of hydrogen-bond acceptors (Lipinski definition) is 4. The number of hydrogen-bond donors (Lipinski definition) is 0. The Bertz CT molecular complexity index is 1320. The Balaban J connectivity index is 1.67. The van der Waals surface area contributed by atoms with Crippen LogP contribution in [0.2, 0.25) is 5.02 Å². The molecule has 3 aromatic carbocycles. The van der Waals surface area contributed by atoms with Gasteiger partial charge in [-0.2, -0.15) is 5.26 Å². The van der Waals surface area contributed by atoms with Gasteiger partial charge >= 0.3 is 0 Å². The third-order valence-corrected chi connectivity index (χ3v) is 8.10.